The van der Waals surface area contributed by atoms with Crippen LogP contribution in [0.2, 0.25) is 0 Å². The van der Waals surface area contributed by atoms with Gasteiger partial charge < -0.3 is 19.9 Å². The van der Waals surface area contributed by atoms with Gasteiger partial charge in [-0.1, -0.05) is 50.3 Å². The number of amides is 1. The SMILES string of the molecule is C=CC1OC(C(=O)[C@@H](NC(=O)OCc2ccccc2)C(C)C)C1CO. The lowest BCUT2D eigenvalue weighted by atomic mass is 9.83. The van der Waals surface area contributed by atoms with Gasteiger partial charge in [0, 0.05) is 5.92 Å². The summed E-state index contributed by atoms with van der Waals surface area (Å²) in [7, 11) is 0. The fourth-order valence-electron chi connectivity index (χ4n) is 2.80. The molecular weight excluding hydrogens is 322 g/mol. The molecular formula is C19H25NO5. The standard InChI is InChI=1S/C19H25NO5/c1-4-15-14(10-21)18(25-15)17(22)16(12(2)3)20-19(23)24-11-13-8-6-5-7-9-13/h4-9,12,14-16,18,21H,1,10-11H2,2-3H3,(H,20,23)/t14?,15?,16-,18?/m0/s1. The van der Waals surface area contributed by atoms with E-state index < -0.39 is 18.2 Å². The first-order valence-corrected chi connectivity index (χ1v) is 8.37. The van der Waals surface area contributed by atoms with Crippen LogP contribution in [-0.4, -0.2) is 41.8 Å². The third-order valence-electron chi connectivity index (χ3n) is 4.30. The molecule has 1 amide bonds. The first kappa shape index (κ1) is 19.1. The molecule has 1 aliphatic heterocycles. The largest absolute Gasteiger partial charge is 0.445 e. The van der Waals surface area contributed by atoms with Gasteiger partial charge in [0.15, 0.2) is 5.78 Å². The number of ether oxygens (including phenoxy) is 2. The Morgan fingerprint density at radius 3 is 2.60 bits per heavy atom. The van der Waals surface area contributed by atoms with Crippen molar-refractivity contribution in [2.45, 2.75) is 38.7 Å². The Hall–Kier alpha value is -2.18. The number of nitrogens with one attached hydrogen (secondary N) is 1. The number of carbonyl (C=O) groups is 2. The predicted molar refractivity (Wildman–Crippen MR) is 92.8 cm³/mol. The Kier molecular flexibility index (Phi) is 6.73. The molecule has 136 valence electrons. The van der Waals surface area contributed by atoms with Gasteiger partial charge in [-0.05, 0) is 11.5 Å². The average Bonchev–Trinajstić information content (AvgIpc) is 2.58. The van der Waals surface area contributed by atoms with E-state index in [9.17, 15) is 14.7 Å². The van der Waals surface area contributed by atoms with Crippen LogP contribution < -0.4 is 5.32 Å². The van der Waals surface area contributed by atoms with E-state index in [-0.39, 0.29) is 36.9 Å². The summed E-state index contributed by atoms with van der Waals surface area (Å²) in [6, 6.07) is 8.55. The van der Waals surface area contributed by atoms with Crippen molar-refractivity contribution in [3.63, 3.8) is 0 Å². The van der Waals surface area contributed by atoms with Crippen molar-refractivity contribution < 1.29 is 24.2 Å². The van der Waals surface area contributed by atoms with Crippen molar-refractivity contribution in [3.05, 3.63) is 48.6 Å². The van der Waals surface area contributed by atoms with E-state index in [1.54, 1.807) is 6.08 Å². The number of benzene rings is 1. The Morgan fingerprint density at radius 1 is 1.36 bits per heavy atom. The van der Waals surface area contributed by atoms with Gasteiger partial charge in [0.1, 0.15) is 12.7 Å². The molecule has 1 aliphatic rings. The molecule has 0 bridgehead atoms. The smallest absolute Gasteiger partial charge is 0.408 e. The van der Waals surface area contributed by atoms with E-state index in [1.807, 2.05) is 44.2 Å². The Labute approximate surface area is 147 Å². The highest BCUT2D eigenvalue weighted by Gasteiger charge is 2.47. The van der Waals surface area contributed by atoms with Gasteiger partial charge in [0.05, 0.1) is 18.8 Å². The van der Waals surface area contributed by atoms with Crippen LogP contribution in [0.1, 0.15) is 19.4 Å². The van der Waals surface area contributed by atoms with Crippen LogP contribution in [0, 0.1) is 11.8 Å². The van der Waals surface area contributed by atoms with E-state index in [2.05, 4.69) is 11.9 Å². The Balaban J connectivity index is 1.92. The molecule has 25 heavy (non-hydrogen) atoms. The monoisotopic (exact) mass is 347 g/mol. The fraction of sp³-hybridized carbons (Fsp3) is 0.474. The van der Waals surface area contributed by atoms with Crippen LogP contribution in [0.15, 0.2) is 43.0 Å². The summed E-state index contributed by atoms with van der Waals surface area (Å²) in [4.78, 5) is 24.7. The number of hydrogen-bond acceptors (Lipinski definition) is 5. The van der Waals surface area contributed by atoms with Crippen LogP contribution in [0.5, 0.6) is 0 Å². The highest BCUT2D eigenvalue weighted by atomic mass is 16.5. The van der Waals surface area contributed by atoms with Gasteiger partial charge >= 0.3 is 6.09 Å². The molecule has 2 rings (SSSR count). The number of aliphatic hydroxyl groups excluding tert-OH is 1. The number of carbonyl (C=O) groups excluding carboxylic acids is 2. The highest BCUT2D eigenvalue weighted by molar-refractivity contribution is 5.92. The van der Waals surface area contributed by atoms with Gasteiger partial charge in [-0.3, -0.25) is 4.79 Å². The molecule has 6 nitrogen and oxygen atoms in total. The minimum atomic E-state index is -0.743. The van der Waals surface area contributed by atoms with E-state index in [4.69, 9.17) is 9.47 Å². The third-order valence-corrected chi connectivity index (χ3v) is 4.30. The van der Waals surface area contributed by atoms with E-state index in [1.165, 1.54) is 0 Å². The van der Waals surface area contributed by atoms with Crippen molar-refractivity contribution >= 4 is 11.9 Å². The topological polar surface area (TPSA) is 84.9 Å². The molecule has 0 spiro atoms. The maximum absolute atomic E-state index is 12.7. The van der Waals surface area contributed by atoms with Gasteiger partial charge in [-0.25, -0.2) is 4.79 Å². The third kappa shape index (κ3) is 4.67. The number of ketones is 1. The summed E-state index contributed by atoms with van der Waals surface area (Å²) in [6.07, 6.45) is -0.168. The normalized spacial score (nSPS) is 23.4. The lowest BCUT2D eigenvalue weighted by Crippen LogP contribution is -2.60. The summed E-state index contributed by atoms with van der Waals surface area (Å²) >= 11 is 0. The first-order valence-electron chi connectivity index (χ1n) is 8.37. The number of Topliss-reactive ketones (excluding diaryl/α,β-unsaturated/α-hetero) is 1. The van der Waals surface area contributed by atoms with Crippen molar-refractivity contribution in [3.8, 4) is 0 Å². The summed E-state index contributed by atoms with van der Waals surface area (Å²) in [5.41, 5.74) is 0.863. The van der Waals surface area contributed by atoms with E-state index >= 15 is 0 Å². The molecule has 1 saturated heterocycles. The summed E-state index contributed by atoms with van der Waals surface area (Å²) in [5.74, 6) is -0.723. The quantitative estimate of drug-likeness (QED) is 0.703. The molecule has 6 heteroatoms. The number of alkyl carbamates (subject to hydrolysis) is 1. The lowest BCUT2D eigenvalue weighted by Gasteiger charge is -2.43. The molecule has 1 fully saturated rings. The summed E-state index contributed by atoms with van der Waals surface area (Å²) in [5, 5.41) is 12.0. The molecule has 0 radical (unpaired) electrons. The molecule has 4 atom stereocenters. The van der Waals surface area contributed by atoms with Gasteiger partial charge in [-0.2, -0.15) is 0 Å². The molecule has 1 heterocycles. The lowest BCUT2D eigenvalue weighted by molar-refractivity contribution is -0.186. The Bertz CT molecular complexity index is 601. The van der Waals surface area contributed by atoms with Crippen LogP contribution in [0.25, 0.3) is 0 Å². The van der Waals surface area contributed by atoms with Crippen LogP contribution in [0.4, 0.5) is 4.79 Å². The molecule has 1 aromatic carbocycles. The van der Waals surface area contributed by atoms with Crippen molar-refractivity contribution in [2.75, 3.05) is 6.61 Å². The van der Waals surface area contributed by atoms with E-state index in [0.29, 0.717) is 0 Å². The van der Waals surface area contributed by atoms with Crippen molar-refractivity contribution in [2.24, 2.45) is 11.8 Å². The van der Waals surface area contributed by atoms with Gasteiger partial charge in [-0.15, -0.1) is 6.58 Å². The summed E-state index contributed by atoms with van der Waals surface area (Å²) in [6.45, 7) is 7.24. The zero-order chi connectivity index (χ0) is 18.4. The molecule has 1 aromatic rings. The number of aliphatic hydroxyl groups is 1. The maximum atomic E-state index is 12.7. The van der Waals surface area contributed by atoms with Gasteiger partial charge in [0.2, 0.25) is 0 Å². The summed E-state index contributed by atoms with van der Waals surface area (Å²) < 4.78 is 10.7. The zero-order valence-corrected chi connectivity index (χ0v) is 14.6. The minimum Gasteiger partial charge on any atom is -0.445 e. The number of rotatable bonds is 8. The highest BCUT2D eigenvalue weighted by Crippen LogP contribution is 2.31. The van der Waals surface area contributed by atoms with Crippen molar-refractivity contribution in [1.29, 1.82) is 0 Å². The molecule has 0 saturated carbocycles. The number of hydrogen-bond donors (Lipinski definition) is 2. The molecule has 0 aliphatic carbocycles. The Morgan fingerprint density at radius 2 is 2.04 bits per heavy atom. The van der Waals surface area contributed by atoms with E-state index in [0.717, 1.165) is 5.56 Å². The predicted octanol–water partition coefficient (Wildman–Crippen LogP) is 2.07. The average molecular weight is 347 g/mol. The molecule has 0 aromatic heterocycles. The minimum absolute atomic E-state index is 0.128. The zero-order valence-electron chi connectivity index (χ0n) is 14.6. The first-order chi connectivity index (χ1) is 12.0. The van der Waals surface area contributed by atoms with Crippen molar-refractivity contribution in [1.82, 2.24) is 5.32 Å². The second kappa shape index (κ2) is 8.78. The van der Waals surface area contributed by atoms with Gasteiger partial charge in [0.25, 0.3) is 0 Å². The van der Waals surface area contributed by atoms with Crippen LogP contribution >= 0.6 is 0 Å². The fourth-order valence-corrected chi connectivity index (χ4v) is 2.80. The maximum Gasteiger partial charge on any atom is 0.408 e. The van der Waals surface area contributed by atoms with Crippen LogP contribution in [0.3, 0.4) is 0 Å². The second-order valence-corrected chi connectivity index (χ2v) is 6.43. The van der Waals surface area contributed by atoms with Crippen LogP contribution in [-0.2, 0) is 20.9 Å². The second-order valence-electron chi connectivity index (χ2n) is 6.43. The molecule has 2 N–H and O–H groups in total. The molecule has 3 unspecified atom stereocenters.